The lowest BCUT2D eigenvalue weighted by Crippen LogP contribution is -2.99. The molecule has 35 heavy (non-hydrogen) atoms. The van der Waals surface area contributed by atoms with Gasteiger partial charge in [-0.1, -0.05) is 12.1 Å². The standard InChI is InChI=1S/C26H30N2O7/c1-6-34-25(29)22-16(3)27(19-11-13-21(33-5)14-12-19)17(4)23(26(30)35-7-2)24(22)18-9-8-10-20(15-18)28(31)32/h8-15,24,28,31H,6-7H2,1-5H3. The number of hydrogen-bond donors (Lipinski definition) is 2. The third-order valence-corrected chi connectivity index (χ3v) is 5.82. The van der Waals surface area contributed by atoms with Crippen LogP contribution in [0.2, 0.25) is 0 Å². The largest absolute Gasteiger partial charge is 0.595 e. The normalized spacial score (nSPS) is 15.2. The average Bonchev–Trinajstić information content (AvgIpc) is 2.84. The van der Waals surface area contributed by atoms with Crippen molar-refractivity contribution in [1.29, 1.82) is 0 Å². The Bertz CT molecular complexity index is 1110. The first-order chi connectivity index (χ1) is 16.7. The molecule has 0 aliphatic carbocycles. The minimum absolute atomic E-state index is 0.0433. The Morgan fingerprint density at radius 1 is 0.971 bits per heavy atom. The molecule has 2 aromatic rings. The maximum Gasteiger partial charge on any atom is 0.336 e. The van der Waals surface area contributed by atoms with E-state index in [2.05, 4.69) is 0 Å². The molecule has 3 rings (SSSR count). The van der Waals surface area contributed by atoms with Crippen molar-refractivity contribution in [3.05, 3.63) is 81.8 Å². The summed E-state index contributed by atoms with van der Waals surface area (Å²) in [5, 5.41) is 20.1. The summed E-state index contributed by atoms with van der Waals surface area (Å²) in [5.74, 6) is -1.40. The van der Waals surface area contributed by atoms with Crippen LogP contribution >= 0.6 is 0 Å². The van der Waals surface area contributed by atoms with Gasteiger partial charge in [-0.15, -0.1) is 0 Å². The summed E-state index contributed by atoms with van der Waals surface area (Å²) in [5.41, 5.74) is 2.82. The van der Waals surface area contributed by atoms with Gasteiger partial charge in [-0.25, -0.2) is 14.8 Å². The smallest absolute Gasteiger partial charge is 0.336 e. The number of nitrogens with one attached hydrogen (secondary N) is 1. The van der Waals surface area contributed by atoms with Gasteiger partial charge in [0.15, 0.2) is 5.69 Å². The zero-order chi connectivity index (χ0) is 25.7. The van der Waals surface area contributed by atoms with Crippen LogP contribution in [-0.2, 0) is 19.1 Å². The van der Waals surface area contributed by atoms with Gasteiger partial charge in [0, 0.05) is 29.2 Å². The summed E-state index contributed by atoms with van der Waals surface area (Å²) in [6, 6.07) is 13.4. The van der Waals surface area contributed by atoms with E-state index in [0.717, 1.165) is 0 Å². The third kappa shape index (κ3) is 5.22. The van der Waals surface area contributed by atoms with Crippen molar-refractivity contribution >= 4 is 23.3 Å². The van der Waals surface area contributed by atoms with Crippen LogP contribution in [-0.4, -0.2) is 37.5 Å². The molecule has 0 bridgehead atoms. The highest BCUT2D eigenvalue weighted by Gasteiger charge is 2.41. The summed E-state index contributed by atoms with van der Waals surface area (Å²) in [6.07, 6.45) is 0. The number of quaternary nitrogens is 1. The minimum atomic E-state index is -1.11. The van der Waals surface area contributed by atoms with Crippen LogP contribution in [0.25, 0.3) is 0 Å². The van der Waals surface area contributed by atoms with Crippen LogP contribution in [0.15, 0.2) is 71.1 Å². The molecule has 9 heteroatoms. The molecule has 1 heterocycles. The predicted molar refractivity (Wildman–Crippen MR) is 129 cm³/mol. The van der Waals surface area contributed by atoms with Gasteiger partial charge < -0.3 is 24.3 Å². The highest BCUT2D eigenvalue weighted by Crippen LogP contribution is 2.45. The average molecular weight is 483 g/mol. The molecule has 1 unspecified atom stereocenters. The fourth-order valence-electron chi connectivity index (χ4n) is 4.31. The molecule has 0 radical (unpaired) electrons. The number of hydrogen-bond acceptors (Lipinski definition) is 8. The van der Waals surface area contributed by atoms with Crippen molar-refractivity contribution in [2.24, 2.45) is 0 Å². The minimum Gasteiger partial charge on any atom is -0.595 e. The van der Waals surface area contributed by atoms with Gasteiger partial charge in [0.25, 0.3) is 0 Å². The van der Waals surface area contributed by atoms with E-state index in [1.54, 1.807) is 64.0 Å². The van der Waals surface area contributed by atoms with Gasteiger partial charge in [0.2, 0.25) is 0 Å². The quantitative estimate of drug-likeness (QED) is 0.435. The monoisotopic (exact) mass is 482 g/mol. The van der Waals surface area contributed by atoms with E-state index < -0.39 is 23.1 Å². The van der Waals surface area contributed by atoms with E-state index in [0.29, 0.717) is 28.4 Å². The van der Waals surface area contributed by atoms with E-state index in [4.69, 9.17) is 14.2 Å². The van der Waals surface area contributed by atoms with Crippen molar-refractivity contribution < 1.29 is 34.2 Å². The van der Waals surface area contributed by atoms with Gasteiger partial charge in [0.1, 0.15) is 5.75 Å². The molecule has 2 N–H and O–H groups in total. The number of carbonyl (C=O) groups excluding carboxylic acids is 2. The molecule has 1 aliphatic rings. The first kappa shape index (κ1) is 26.0. The second-order valence-electron chi connectivity index (χ2n) is 7.84. The molecule has 0 fully saturated rings. The maximum atomic E-state index is 13.3. The van der Waals surface area contributed by atoms with Gasteiger partial charge in [-0.3, -0.25) is 0 Å². The van der Waals surface area contributed by atoms with Crippen molar-refractivity contribution in [2.75, 3.05) is 25.2 Å². The lowest BCUT2D eigenvalue weighted by molar-refractivity contribution is -0.991. The van der Waals surface area contributed by atoms with Crippen LogP contribution in [0, 0.1) is 5.21 Å². The Morgan fingerprint density at radius 2 is 1.51 bits per heavy atom. The maximum absolute atomic E-state index is 13.3. The van der Waals surface area contributed by atoms with E-state index in [-0.39, 0.29) is 30.0 Å². The molecule has 0 saturated heterocycles. The number of nitrogens with zero attached hydrogens (tertiary/aromatic N) is 1. The zero-order valence-corrected chi connectivity index (χ0v) is 20.5. The van der Waals surface area contributed by atoms with Crippen LogP contribution in [0.3, 0.4) is 0 Å². The summed E-state index contributed by atoms with van der Waals surface area (Å²) in [4.78, 5) is 28.4. The fraction of sp³-hybridized carbons (Fsp3) is 0.308. The molecule has 0 aromatic heterocycles. The number of rotatable bonds is 8. The molecule has 0 saturated carbocycles. The molecule has 1 atom stereocenters. The second-order valence-corrected chi connectivity index (χ2v) is 7.84. The van der Waals surface area contributed by atoms with E-state index >= 15 is 0 Å². The van der Waals surface area contributed by atoms with E-state index in [9.17, 15) is 20.0 Å². The molecule has 0 spiro atoms. The first-order valence-corrected chi connectivity index (χ1v) is 11.3. The van der Waals surface area contributed by atoms with Crippen molar-refractivity contribution in [3.63, 3.8) is 0 Å². The Kier molecular flexibility index (Phi) is 8.29. The number of allylic oxidation sites excluding steroid dienone is 2. The summed E-state index contributed by atoms with van der Waals surface area (Å²) >= 11 is 0. The summed E-state index contributed by atoms with van der Waals surface area (Å²) < 4.78 is 16.0. The molecular formula is C26H30N2O7. The number of methoxy groups -OCH3 is 1. The van der Waals surface area contributed by atoms with Crippen LogP contribution in [0.5, 0.6) is 5.75 Å². The number of ether oxygens (including phenoxy) is 3. The number of anilines is 1. The zero-order valence-electron chi connectivity index (χ0n) is 20.5. The summed E-state index contributed by atoms with van der Waals surface area (Å²) in [7, 11) is 1.57. The lowest BCUT2D eigenvalue weighted by Gasteiger charge is -2.38. The molecule has 9 nitrogen and oxygen atoms in total. The van der Waals surface area contributed by atoms with Gasteiger partial charge in [0.05, 0.1) is 37.4 Å². The van der Waals surface area contributed by atoms with Crippen LogP contribution in [0.4, 0.5) is 11.4 Å². The van der Waals surface area contributed by atoms with Crippen molar-refractivity contribution in [2.45, 2.75) is 33.6 Å². The number of benzene rings is 2. The van der Waals surface area contributed by atoms with Crippen LogP contribution < -0.4 is 14.9 Å². The van der Waals surface area contributed by atoms with Crippen molar-refractivity contribution in [3.8, 4) is 5.75 Å². The Morgan fingerprint density at radius 3 is 1.97 bits per heavy atom. The Labute approximate surface area is 204 Å². The third-order valence-electron chi connectivity index (χ3n) is 5.82. The Balaban J connectivity index is 2.32. The molecule has 1 aliphatic heterocycles. The SMILES string of the molecule is CCOC(=O)C1=C(C)N(c2ccc(OC)cc2)C(C)=C(C(=O)OCC)C1c1cccc([NH+]([O-])O)c1. The number of esters is 2. The highest BCUT2D eigenvalue weighted by molar-refractivity contribution is 6.01. The fourth-order valence-corrected chi connectivity index (χ4v) is 4.31. The predicted octanol–water partition coefficient (Wildman–Crippen LogP) is 3.38. The van der Waals surface area contributed by atoms with Gasteiger partial charge >= 0.3 is 11.9 Å². The first-order valence-electron chi connectivity index (χ1n) is 11.3. The topological polar surface area (TPSA) is 113 Å². The lowest BCUT2D eigenvalue weighted by atomic mass is 9.79. The summed E-state index contributed by atoms with van der Waals surface area (Å²) in [6.45, 7) is 7.22. The van der Waals surface area contributed by atoms with E-state index in [1.807, 2.05) is 12.1 Å². The van der Waals surface area contributed by atoms with E-state index in [1.165, 1.54) is 12.1 Å². The van der Waals surface area contributed by atoms with Gasteiger partial charge in [-0.05, 0) is 57.5 Å². The van der Waals surface area contributed by atoms with Crippen molar-refractivity contribution in [1.82, 2.24) is 0 Å². The molecular weight excluding hydrogens is 452 g/mol. The molecule has 0 amide bonds. The van der Waals surface area contributed by atoms with Crippen LogP contribution in [0.1, 0.15) is 39.2 Å². The highest BCUT2D eigenvalue weighted by atomic mass is 16.8. The van der Waals surface area contributed by atoms with Gasteiger partial charge in [-0.2, -0.15) is 5.23 Å². The Hall–Kier alpha value is -3.66. The number of carbonyl (C=O) groups is 2. The molecule has 2 aromatic carbocycles. The molecule has 186 valence electrons. The second kappa shape index (κ2) is 11.2.